The number of rotatable bonds is 4. The maximum absolute atomic E-state index is 9.52. The number of para-hydroxylation sites is 3. The van der Waals surface area contributed by atoms with Gasteiger partial charge in [0.2, 0.25) is 5.95 Å². The lowest BCUT2D eigenvalue weighted by atomic mass is 10.0. The number of benzene rings is 7. The van der Waals surface area contributed by atoms with E-state index < -0.39 is 60.4 Å². The molecule has 6 nitrogen and oxygen atoms in total. The molecular formula is C45H26N4O2. The van der Waals surface area contributed by atoms with Gasteiger partial charge in [-0.3, -0.25) is 4.57 Å². The molecule has 0 saturated carbocycles. The van der Waals surface area contributed by atoms with E-state index >= 15 is 0 Å². The van der Waals surface area contributed by atoms with Crippen LogP contribution in [0.3, 0.4) is 0 Å². The lowest BCUT2D eigenvalue weighted by Crippen LogP contribution is -2.06. The third-order valence-electron chi connectivity index (χ3n) is 9.18. The number of hydrogen-bond donors (Lipinski definition) is 0. The van der Waals surface area contributed by atoms with Crippen LogP contribution in [0.25, 0.3) is 106 Å². The standard InChI is InChI=1S/C45H26N4O2/c1-2-10-27(11-3-1)28-18-20-29(21-19-28)43-46-44(30-22-23-33-31-12-5-8-16-38(31)50-40(33)26-30)48-45(47-43)49-36-15-7-4-14-35(36)41-37(49)25-24-34-32-13-6-9-17-39(32)51-42(34)41/h1-26H/i4D,6D,7D,9D,13D,14D,15D,17D,24D,25D. The predicted molar refractivity (Wildman–Crippen MR) is 205 cm³/mol. The van der Waals surface area contributed by atoms with Crippen LogP contribution in [0.15, 0.2) is 166 Å². The van der Waals surface area contributed by atoms with Gasteiger partial charge in [-0.1, -0.05) is 115 Å². The molecule has 238 valence electrons. The van der Waals surface area contributed by atoms with E-state index in [2.05, 4.69) is 0 Å². The van der Waals surface area contributed by atoms with Gasteiger partial charge >= 0.3 is 0 Å². The predicted octanol–water partition coefficient (Wildman–Crippen LogP) is 11.8. The highest BCUT2D eigenvalue weighted by Gasteiger charge is 2.22. The van der Waals surface area contributed by atoms with E-state index in [0.29, 0.717) is 22.3 Å². The van der Waals surface area contributed by atoms with Crippen LogP contribution in [-0.4, -0.2) is 19.5 Å². The lowest BCUT2D eigenvalue weighted by molar-refractivity contribution is 0.669. The highest BCUT2D eigenvalue weighted by molar-refractivity contribution is 6.23. The van der Waals surface area contributed by atoms with Crippen molar-refractivity contribution >= 4 is 65.7 Å². The Kier molecular flexibility index (Phi) is 4.17. The molecule has 4 heterocycles. The largest absolute Gasteiger partial charge is 0.456 e. The Morgan fingerprint density at radius 3 is 2.02 bits per heavy atom. The molecule has 4 aromatic heterocycles. The van der Waals surface area contributed by atoms with Gasteiger partial charge in [0.15, 0.2) is 11.6 Å². The summed E-state index contributed by atoms with van der Waals surface area (Å²) in [6.07, 6.45) is 0. The average Bonchev–Trinajstić information content (AvgIpc) is 3.99. The molecular weight excluding hydrogens is 629 g/mol. The van der Waals surface area contributed by atoms with Crippen LogP contribution in [0.4, 0.5) is 0 Å². The summed E-state index contributed by atoms with van der Waals surface area (Å²) in [4.78, 5) is 14.8. The zero-order valence-electron chi connectivity index (χ0n) is 36.3. The second kappa shape index (κ2) is 10.7. The summed E-state index contributed by atoms with van der Waals surface area (Å²) in [5.41, 5.74) is 3.75. The van der Waals surface area contributed by atoms with Crippen LogP contribution in [0.5, 0.6) is 0 Å². The van der Waals surface area contributed by atoms with Gasteiger partial charge < -0.3 is 8.83 Å². The van der Waals surface area contributed by atoms with Crippen molar-refractivity contribution in [2.45, 2.75) is 0 Å². The van der Waals surface area contributed by atoms with Crippen molar-refractivity contribution in [3.63, 3.8) is 0 Å². The van der Waals surface area contributed by atoms with E-state index in [1.54, 1.807) is 0 Å². The van der Waals surface area contributed by atoms with E-state index in [-0.39, 0.29) is 61.3 Å². The Morgan fingerprint density at radius 2 is 1.14 bits per heavy atom. The number of nitrogens with zero attached hydrogens (tertiary/aromatic N) is 4. The molecule has 0 unspecified atom stereocenters. The van der Waals surface area contributed by atoms with Crippen molar-refractivity contribution in [3.8, 4) is 39.9 Å². The van der Waals surface area contributed by atoms with Crippen LogP contribution in [0.2, 0.25) is 0 Å². The second-order valence-electron chi connectivity index (χ2n) is 12.1. The molecule has 0 aliphatic heterocycles. The van der Waals surface area contributed by atoms with E-state index in [1.165, 1.54) is 4.57 Å². The molecule has 0 atom stereocenters. The van der Waals surface area contributed by atoms with Gasteiger partial charge in [-0.15, -0.1) is 0 Å². The molecule has 51 heavy (non-hydrogen) atoms. The Labute approximate surface area is 304 Å². The van der Waals surface area contributed by atoms with Crippen molar-refractivity contribution in [1.82, 2.24) is 19.5 Å². The highest BCUT2D eigenvalue weighted by Crippen LogP contribution is 2.40. The fourth-order valence-corrected chi connectivity index (χ4v) is 6.80. The summed E-state index contributed by atoms with van der Waals surface area (Å²) < 4.78 is 102. The van der Waals surface area contributed by atoms with Crippen LogP contribution in [-0.2, 0) is 0 Å². The van der Waals surface area contributed by atoms with Gasteiger partial charge in [0.1, 0.15) is 22.3 Å². The maximum atomic E-state index is 9.52. The molecule has 11 rings (SSSR count). The van der Waals surface area contributed by atoms with Gasteiger partial charge in [0, 0.05) is 38.1 Å². The fourth-order valence-electron chi connectivity index (χ4n) is 6.80. The van der Waals surface area contributed by atoms with Gasteiger partial charge in [-0.2, -0.15) is 9.97 Å². The number of fused-ring (bicyclic) bond motifs is 10. The molecule has 11 aromatic rings. The Morgan fingerprint density at radius 1 is 0.451 bits per heavy atom. The van der Waals surface area contributed by atoms with Crippen LogP contribution in [0.1, 0.15) is 13.7 Å². The van der Waals surface area contributed by atoms with Crippen LogP contribution >= 0.6 is 0 Å². The van der Waals surface area contributed by atoms with Crippen molar-refractivity contribution in [1.29, 1.82) is 0 Å². The minimum Gasteiger partial charge on any atom is -0.456 e. The molecule has 0 saturated heterocycles. The van der Waals surface area contributed by atoms with Gasteiger partial charge in [0.25, 0.3) is 0 Å². The summed E-state index contributed by atoms with van der Waals surface area (Å²) in [6.45, 7) is 0. The summed E-state index contributed by atoms with van der Waals surface area (Å²) in [5, 5.41) is 1.51. The molecule has 7 aromatic carbocycles. The number of hydrogen-bond acceptors (Lipinski definition) is 5. The molecule has 0 spiro atoms. The quantitative estimate of drug-likeness (QED) is 0.187. The average molecular weight is 665 g/mol. The van der Waals surface area contributed by atoms with Crippen molar-refractivity contribution in [2.75, 3.05) is 0 Å². The number of furan rings is 2. The Bertz CT molecular complexity index is 3710. The maximum Gasteiger partial charge on any atom is 0.238 e. The monoisotopic (exact) mass is 664 g/mol. The van der Waals surface area contributed by atoms with Crippen molar-refractivity contribution < 1.29 is 22.5 Å². The van der Waals surface area contributed by atoms with Crippen LogP contribution < -0.4 is 0 Å². The van der Waals surface area contributed by atoms with Gasteiger partial charge in [0.05, 0.1) is 30.1 Å². The SMILES string of the molecule is [2H]c1c([2H])c([2H])c2c(oc3c2c([2H])c([2H])c2c3c3c([2H])c([2H])c([2H])c([2H])c3n2-c2nc(-c3ccc(-c4ccccc4)cc3)nc(-c3ccc4c(c3)oc3ccccc34)n2)c1[2H]. The van der Waals surface area contributed by atoms with Crippen molar-refractivity contribution in [3.05, 3.63) is 157 Å². The normalized spacial score (nSPS) is 14.7. The Balaban J connectivity index is 1.26. The third-order valence-corrected chi connectivity index (χ3v) is 9.18. The first kappa shape index (κ1) is 19.8. The summed E-state index contributed by atoms with van der Waals surface area (Å²) >= 11 is 0. The van der Waals surface area contributed by atoms with E-state index in [9.17, 15) is 5.48 Å². The topological polar surface area (TPSA) is 69.9 Å². The zero-order chi connectivity index (χ0) is 42.2. The first-order chi connectivity index (χ1) is 29.4. The molecule has 0 bridgehead atoms. The summed E-state index contributed by atoms with van der Waals surface area (Å²) in [7, 11) is 0. The summed E-state index contributed by atoms with van der Waals surface area (Å²) in [5.74, 6) is 0.247. The van der Waals surface area contributed by atoms with E-state index in [0.717, 1.165) is 21.9 Å². The smallest absolute Gasteiger partial charge is 0.238 e. The van der Waals surface area contributed by atoms with Gasteiger partial charge in [-0.05, 0) is 53.5 Å². The van der Waals surface area contributed by atoms with Gasteiger partial charge in [-0.25, -0.2) is 4.98 Å². The molecule has 0 aliphatic rings. The minimum absolute atomic E-state index is 0.00881. The molecule has 0 aliphatic carbocycles. The molecule has 6 heteroatoms. The lowest BCUT2D eigenvalue weighted by Gasteiger charge is -2.11. The first-order valence-electron chi connectivity index (χ1n) is 21.1. The molecule has 0 amide bonds. The molecule has 0 N–H and O–H groups in total. The second-order valence-corrected chi connectivity index (χ2v) is 12.1. The van der Waals surface area contributed by atoms with E-state index in [1.807, 2.05) is 97.1 Å². The molecule has 0 radical (unpaired) electrons. The minimum atomic E-state index is -0.569. The van der Waals surface area contributed by atoms with Crippen LogP contribution in [0, 0.1) is 0 Å². The van der Waals surface area contributed by atoms with E-state index in [4.69, 9.17) is 32.0 Å². The highest BCUT2D eigenvalue weighted by atomic mass is 16.3. The third kappa shape index (κ3) is 4.26. The fraction of sp³-hybridized carbons (Fsp3) is 0. The summed E-state index contributed by atoms with van der Waals surface area (Å²) in [6, 6.07) is 25.6. The Hall–Kier alpha value is -7.05. The van der Waals surface area contributed by atoms with Crippen molar-refractivity contribution in [2.24, 2.45) is 0 Å². The number of aromatic nitrogens is 4. The zero-order valence-corrected chi connectivity index (χ0v) is 26.3. The first-order valence-corrected chi connectivity index (χ1v) is 16.1. The molecule has 0 fully saturated rings.